The normalized spacial score (nSPS) is 10.9. The number of nitrogens with two attached hydrogens (primary N) is 1. The fraction of sp³-hybridized carbons (Fsp3) is 0. The van der Waals surface area contributed by atoms with E-state index in [4.69, 9.17) is 5.73 Å². The average molecular weight is 232 g/mol. The Balaban J connectivity index is 2.27. The molecule has 2 aromatic heterocycles. The minimum Gasteiger partial charge on any atom is -0.389 e. The molecule has 0 aliphatic rings. The molecule has 1 aromatic carbocycles. The summed E-state index contributed by atoms with van der Waals surface area (Å²) in [5.74, 6) is 0. The number of benzene rings is 1. The van der Waals surface area contributed by atoms with E-state index in [0.717, 1.165) is 10.7 Å². The molecule has 0 fully saturated rings. The van der Waals surface area contributed by atoms with Gasteiger partial charge in [0.2, 0.25) is 0 Å². The summed E-state index contributed by atoms with van der Waals surface area (Å²) in [4.78, 5) is 0. The van der Waals surface area contributed by atoms with Gasteiger partial charge >= 0.3 is 0 Å². The summed E-state index contributed by atoms with van der Waals surface area (Å²) in [5, 5.41) is 4.16. The molecule has 74 valence electrons. The Morgan fingerprint density at radius 2 is 2.07 bits per heavy atom. The molecule has 0 amide bonds. The van der Waals surface area contributed by atoms with Crippen LogP contribution in [0.15, 0.2) is 35.7 Å². The van der Waals surface area contributed by atoms with Crippen molar-refractivity contribution in [2.75, 3.05) is 5.73 Å². The van der Waals surface area contributed by atoms with E-state index >= 15 is 0 Å². The zero-order chi connectivity index (χ0) is 10.3. The molecular formula is C11H8N2S2. The third kappa shape index (κ3) is 1.42. The summed E-state index contributed by atoms with van der Waals surface area (Å²) in [6, 6.07) is 10.3. The minimum atomic E-state index is 0.764. The van der Waals surface area contributed by atoms with Gasteiger partial charge in [-0.3, -0.25) is 0 Å². The van der Waals surface area contributed by atoms with Crippen LogP contribution in [0.1, 0.15) is 0 Å². The number of hydrogen-bond acceptors (Lipinski definition) is 4. The van der Waals surface area contributed by atoms with Crippen molar-refractivity contribution in [3.8, 4) is 11.3 Å². The van der Waals surface area contributed by atoms with Crippen LogP contribution in [0.4, 0.5) is 5.00 Å². The van der Waals surface area contributed by atoms with Gasteiger partial charge in [-0.05, 0) is 17.6 Å². The molecule has 2 N–H and O–H groups in total. The monoisotopic (exact) mass is 232 g/mol. The Morgan fingerprint density at radius 3 is 2.87 bits per heavy atom. The number of thiophene rings is 1. The molecule has 0 aliphatic heterocycles. The zero-order valence-corrected chi connectivity index (χ0v) is 9.44. The lowest BCUT2D eigenvalue weighted by atomic mass is 10.1. The van der Waals surface area contributed by atoms with E-state index < -0.39 is 0 Å². The standard InChI is InChI=1S/C11H8N2S2/c12-11-5-9(13-15-11)8-6-14-10-4-2-1-3-7(8)10/h1-6H,12H2. The molecule has 0 saturated carbocycles. The van der Waals surface area contributed by atoms with Crippen LogP contribution in [0.5, 0.6) is 0 Å². The third-order valence-electron chi connectivity index (χ3n) is 2.29. The van der Waals surface area contributed by atoms with Gasteiger partial charge in [0, 0.05) is 27.1 Å². The van der Waals surface area contributed by atoms with Crippen LogP contribution >= 0.6 is 22.9 Å². The van der Waals surface area contributed by atoms with Crippen molar-refractivity contribution in [2.45, 2.75) is 0 Å². The second kappa shape index (κ2) is 3.32. The summed E-state index contributed by atoms with van der Waals surface area (Å²) in [7, 11) is 0. The predicted octanol–water partition coefficient (Wildman–Crippen LogP) is 3.61. The molecule has 4 heteroatoms. The second-order valence-corrected chi connectivity index (χ2v) is 5.01. The lowest BCUT2D eigenvalue weighted by molar-refractivity contribution is 1.57. The fourth-order valence-corrected chi connectivity index (χ4v) is 3.07. The highest BCUT2D eigenvalue weighted by Crippen LogP contribution is 2.34. The number of hydrogen-bond donors (Lipinski definition) is 1. The minimum absolute atomic E-state index is 0.764. The molecule has 0 saturated heterocycles. The summed E-state index contributed by atoms with van der Waals surface area (Å²) in [5.41, 5.74) is 7.85. The maximum absolute atomic E-state index is 5.69. The Kier molecular flexibility index (Phi) is 1.97. The van der Waals surface area contributed by atoms with Crippen molar-refractivity contribution >= 4 is 38.0 Å². The van der Waals surface area contributed by atoms with Crippen LogP contribution in [0.3, 0.4) is 0 Å². The SMILES string of the molecule is Nc1cc(-c2csc3ccccc23)ns1. The molecule has 3 rings (SSSR count). The van der Waals surface area contributed by atoms with Gasteiger partial charge in [0.05, 0.1) is 5.69 Å². The van der Waals surface area contributed by atoms with Crippen molar-refractivity contribution in [2.24, 2.45) is 0 Å². The van der Waals surface area contributed by atoms with Gasteiger partial charge in [0.15, 0.2) is 0 Å². The smallest absolute Gasteiger partial charge is 0.107 e. The number of nitrogen functional groups attached to an aromatic ring is 1. The summed E-state index contributed by atoms with van der Waals surface area (Å²) in [6.45, 7) is 0. The zero-order valence-electron chi connectivity index (χ0n) is 7.81. The maximum atomic E-state index is 5.69. The van der Waals surface area contributed by atoms with Crippen molar-refractivity contribution in [1.82, 2.24) is 4.37 Å². The highest BCUT2D eigenvalue weighted by atomic mass is 32.1. The highest BCUT2D eigenvalue weighted by Gasteiger charge is 2.08. The first-order valence-corrected chi connectivity index (χ1v) is 6.19. The molecule has 2 heterocycles. The molecule has 0 atom stereocenters. The summed E-state index contributed by atoms with van der Waals surface area (Å²) in [6.07, 6.45) is 0. The van der Waals surface area contributed by atoms with Crippen molar-refractivity contribution in [3.05, 3.63) is 35.7 Å². The fourth-order valence-electron chi connectivity index (χ4n) is 1.59. The Morgan fingerprint density at radius 1 is 1.20 bits per heavy atom. The van der Waals surface area contributed by atoms with E-state index in [1.54, 1.807) is 11.3 Å². The summed E-state index contributed by atoms with van der Waals surface area (Å²) >= 11 is 3.09. The first-order chi connectivity index (χ1) is 7.34. The van der Waals surface area contributed by atoms with Gasteiger partial charge in [0.25, 0.3) is 0 Å². The molecule has 0 aliphatic carbocycles. The number of anilines is 1. The van der Waals surface area contributed by atoms with Gasteiger partial charge in [-0.15, -0.1) is 11.3 Å². The molecule has 0 unspecified atom stereocenters. The van der Waals surface area contributed by atoms with Crippen LogP contribution in [-0.4, -0.2) is 4.37 Å². The highest BCUT2D eigenvalue weighted by molar-refractivity contribution is 7.17. The van der Waals surface area contributed by atoms with E-state index in [1.165, 1.54) is 27.2 Å². The van der Waals surface area contributed by atoms with E-state index in [9.17, 15) is 0 Å². The van der Waals surface area contributed by atoms with Crippen LogP contribution in [0.25, 0.3) is 21.3 Å². The van der Waals surface area contributed by atoms with Crippen molar-refractivity contribution in [3.63, 3.8) is 0 Å². The second-order valence-electron chi connectivity index (χ2n) is 3.26. The first-order valence-electron chi connectivity index (χ1n) is 4.53. The van der Waals surface area contributed by atoms with Gasteiger partial charge in [-0.2, -0.15) is 4.37 Å². The maximum Gasteiger partial charge on any atom is 0.107 e. The Hall–Kier alpha value is -1.39. The number of fused-ring (bicyclic) bond motifs is 1. The molecule has 0 radical (unpaired) electrons. The van der Waals surface area contributed by atoms with Crippen LogP contribution in [-0.2, 0) is 0 Å². The van der Waals surface area contributed by atoms with Gasteiger partial charge in [-0.1, -0.05) is 18.2 Å². The lowest BCUT2D eigenvalue weighted by Gasteiger charge is -1.92. The van der Waals surface area contributed by atoms with Gasteiger partial charge in [-0.25, -0.2) is 0 Å². The van der Waals surface area contributed by atoms with E-state index in [0.29, 0.717) is 0 Å². The first kappa shape index (κ1) is 8.88. The molecule has 3 aromatic rings. The Bertz CT molecular complexity index is 610. The summed E-state index contributed by atoms with van der Waals surface area (Å²) < 4.78 is 5.62. The van der Waals surface area contributed by atoms with Gasteiger partial charge < -0.3 is 5.73 Å². The molecule has 0 spiro atoms. The topological polar surface area (TPSA) is 38.9 Å². The predicted molar refractivity (Wildman–Crippen MR) is 67.3 cm³/mol. The molecular weight excluding hydrogens is 224 g/mol. The Labute approximate surface area is 95.2 Å². The average Bonchev–Trinajstić information content (AvgIpc) is 2.83. The van der Waals surface area contributed by atoms with Crippen LogP contribution < -0.4 is 5.73 Å². The number of nitrogens with zero attached hydrogens (tertiary/aromatic N) is 1. The molecule has 0 bridgehead atoms. The molecule has 15 heavy (non-hydrogen) atoms. The van der Waals surface area contributed by atoms with Crippen LogP contribution in [0.2, 0.25) is 0 Å². The van der Waals surface area contributed by atoms with E-state index in [-0.39, 0.29) is 0 Å². The largest absolute Gasteiger partial charge is 0.389 e. The third-order valence-corrected chi connectivity index (χ3v) is 3.87. The number of aromatic nitrogens is 1. The van der Waals surface area contributed by atoms with Crippen molar-refractivity contribution < 1.29 is 0 Å². The quantitative estimate of drug-likeness (QED) is 0.696. The van der Waals surface area contributed by atoms with Crippen LogP contribution in [0, 0.1) is 0 Å². The van der Waals surface area contributed by atoms with E-state index in [2.05, 4.69) is 28.0 Å². The van der Waals surface area contributed by atoms with Crippen molar-refractivity contribution in [1.29, 1.82) is 0 Å². The molecule has 2 nitrogen and oxygen atoms in total. The van der Waals surface area contributed by atoms with Gasteiger partial charge in [0.1, 0.15) is 5.00 Å². The van der Waals surface area contributed by atoms with E-state index in [1.807, 2.05) is 12.1 Å². The number of rotatable bonds is 1. The lowest BCUT2D eigenvalue weighted by Crippen LogP contribution is -1.75.